The third-order valence-electron chi connectivity index (χ3n) is 5.40. The molecule has 0 bridgehead atoms. The maximum Gasteiger partial charge on any atom is 0.251 e. The maximum absolute atomic E-state index is 12.7. The number of fused-ring (bicyclic) bond motifs is 3. The van der Waals surface area contributed by atoms with Crippen LogP contribution in [0.1, 0.15) is 32.0 Å². The Balaban J connectivity index is 1.29. The molecule has 0 unspecified atom stereocenters. The van der Waals surface area contributed by atoms with Crippen LogP contribution < -0.4 is 10.1 Å². The van der Waals surface area contributed by atoms with Gasteiger partial charge in [0.25, 0.3) is 5.91 Å². The molecule has 1 heterocycles. The minimum absolute atomic E-state index is 0.0431. The molecule has 1 aliphatic rings. The van der Waals surface area contributed by atoms with E-state index in [-0.39, 0.29) is 18.2 Å². The molecule has 1 N–H and O–H groups in total. The monoisotopic (exact) mass is 409 g/mol. The number of ketones is 1. The Morgan fingerprint density at radius 2 is 1.68 bits per heavy atom. The molecule has 152 valence electrons. The largest absolute Gasteiger partial charge is 0.497 e. The second kappa shape index (κ2) is 7.57. The Hall–Kier alpha value is -4.19. The van der Waals surface area contributed by atoms with Crippen LogP contribution in [-0.4, -0.2) is 28.6 Å². The summed E-state index contributed by atoms with van der Waals surface area (Å²) in [7, 11) is 1.62. The van der Waals surface area contributed by atoms with Crippen molar-refractivity contribution in [1.29, 1.82) is 0 Å². The van der Waals surface area contributed by atoms with Gasteiger partial charge in [0.1, 0.15) is 5.75 Å². The summed E-state index contributed by atoms with van der Waals surface area (Å²) < 4.78 is 6.91. The van der Waals surface area contributed by atoms with Gasteiger partial charge in [0.15, 0.2) is 5.78 Å². The predicted molar refractivity (Wildman–Crippen MR) is 117 cm³/mol. The lowest BCUT2D eigenvalue weighted by molar-refractivity contribution is 0.0950. The second-order valence-electron chi connectivity index (χ2n) is 7.27. The van der Waals surface area contributed by atoms with Crippen LogP contribution in [0.4, 0.5) is 0 Å². The number of carbonyl (C=O) groups is 2. The molecule has 0 atom stereocenters. The Kier molecular flexibility index (Phi) is 4.59. The minimum Gasteiger partial charge on any atom is -0.497 e. The lowest BCUT2D eigenvalue weighted by atomic mass is 10.0. The van der Waals surface area contributed by atoms with Gasteiger partial charge in [0.05, 0.1) is 25.0 Å². The SMILES string of the molecule is COc1ccc(-n2ccc(CNC(=O)c3ccc4c(c3)C(=O)c3ccccc3-4)n2)cc1. The Bertz CT molecular complexity index is 1310. The minimum atomic E-state index is -0.245. The zero-order valence-corrected chi connectivity index (χ0v) is 16.8. The lowest BCUT2D eigenvalue weighted by Crippen LogP contribution is -2.23. The van der Waals surface area contributed by atoms with Gasteiger partial charge in [-0.2, -0.15) is 5.10 Å². The number of rotatable bonds is 5. The quantitative estimate of drug-likeness (QED) is 0.476. The number of hydrogen-bond donors (Lipinski definition) is 1. The molecule has 0 aliphatic heterocycles. The molecular formula is C25H19N3O3. The van der Waals surface area contributed by atoms with Gasteiger partial charge >= 0.3 is 0 Å². The number of carbonyl (C=O) groups excluding carboxylic acids is 2. The first-order chi connectivity index (χ1) is 15.1. The first-order valence-electron chi connectivity index (χ1n) is 9.89. The molecule has 5 rings (SSSR count). The van der Waals surface area contributed by atoms with E-state index in [1.165, 1.54) is 0 Å². The van der Waals surface area contributed by atoms with Crippen LogP contribution in [0.25, 0.3) is 16.8 Å². The summed E-state index contributed by atoms with van der Waals surface area (Å²) in [5.41, 5.74) is 5.11. The van der Waals surface area contributed by atoms with E-state index >= 15 is 0 Å². The fourth-order valence-electron chi connectivity index (χ4n) is 3.78. The van der Waals surface area contributed by atoms with Crippen LogP contribution in [0.2, 0.25) is 0 Å². The predicted octanol–water partition coefficient (Wildman–Crippen LogP) is 4.02. The number of nitrogens with zero attached hydrogens (tertiary/aromatic N) is 2. The zero-order valence-electron chi connectivity index (χ0n) is 16.8. The van der Waals surface area contributed by atoms with Crippen LogP contribution in [0.15, 0.2) is 79.0 Å². The highest BCUT2D eigenvalue weighted by atomic mass is 16.5. The summed E-state index contributed by atoms with van der Waals surface area (Å²) in [6.45, 7) is 0.285. The van der Waals surface area contributed by atoms with Crippen LogP contribution in [0.3, 0.4) is 0 Å². The highest BCUT2D eigenvalue weighted by Gasteiger charge is 2.27. The molecule has 0 saturated carbocycles. The lowest BCUT2D eigenvalue weighted by Gasteiger charge is -2.06. The second-order valence-corrected chi connectivity index (χ2v) is 7.27. The molecule has 1 amide bonds. The summed E-state index contributed by atoms with van der Waals surface area (Å²) in [4.78, 5) is 25.3. The molecule has 3 aromatic carbocycles. The van der Waals surface area contributed by atoms with Gasteiger partial charge in [0, 0.05) is 22.9 Å². The highest BCUT2D eigenvalue weighted by molar-refractivity contribution is 6.22. The van der Waals surface area contributed by atoms with Gasteiger partial charge in [-0.15, -0.1) is 0 Å². The van der Waals surface area contributed by atoms with E-state index in [9.17, 15) is 9.59 Å². The number of amides is 1. The van der Waals surface area contributed by atoms with E-state index in [1.807, 2.05) is 66.9 Å². The van der Waals surface area contributed by atoms with Gasteiger partial charge < -0.3 is 10.1 Å². The van der Waals surface area contributed by atoms with E-state index in [1.54, 1.807) is 23.9 Å². The standard InChI is InChI=1S/C25H19N3O3/c1-31-19-9-7-18(8-10-19)28-13-12-17(27-28)15-26-25(30)16-6-11-21-20-4-2-3-5-22(20)24(29)23(21)14-16/h2-14H,15H2,1H3,(H,26,30). The van der Waals surface area contributed by atoms with E-state index in [0.29, 0.717) is 16.7 Å². The van der Waals surface area contributed by atoms with Gasteiger partial charge in [-0.1, -0.05) is 30.3 Å². The number of methoxy groups -OCH3 is 1. The van der Waals surface area contributed by atoms with Crippen molar-refractivity contribution in [1.82, 2.24) is 15.1 Å². The Morgan fingerprint density at radius 1 is 0.935 bits per heavy atom. The number of ether oxygens (including phenoxy) is 1. The summed E-state index contributed by atoms with van der Waals surface area (Å²) >= 11 is 0. The molecule has 0 fully saturated rings. The molecule has 6 heteroatoms. The Morgan fingerprint density at radius 3 is 2.45 bits per heavy atom. The van der Waals surface area contributed by atoms with Crippen LogP contribution >= 0.6 is 0 Å². The van der Waals surface area contributed by atoms with Gasteiger partial charge in [-0.3, -0.25) is 9.59 Å². The van der Waals surface area contributed by atoms with E-state index in [0.717, 1.165) is 28.3 Å². The molecular weight excluding hydrogens is 390 g/mol. The first kappa shape index (κ1) is 18.8. The topological polar surface area (TPSA) is 73.2 Å². The zero-order chi connectivity index (χ0) is 21.4. The van der Waals surface area contributed by atoms with Crippen LogP contribution in [0.5, 0.6) is 5.75 Å². The fraction of sp³-hybridized carbons (Fsp3) is 0.0800. The maximum atomic E-state index is 12.7. The Labute approximate surface area is 179 Å². The number of aromatic nitrogens is 2. The molecule has 1 aromatic heterocycles. The van der Waals surface area contributed by atoms with Crippen molar-refractivity contribution in [3.05, 3.63) is 101 Å². The molecule has 1 aliphatic carbocycles. The van der Waals surface area contributed by atoms with Gasteiger partial charge in [-0.05, 0) is 53.6 Å². The van der Waals surface area contributed by atoms with Crippen molar-refractivity contribution >= 4 is 11.7 Å². The molecule has 0 saturated heterocycles. The number of hydrogen-bond acceptors (Lipinski definition) is 4. The number of benzene rings is 3. The molecule has 0 spiro atoms. The van der Waals surface area contributed by atoms with Crippen molar-refractivity contribution in [2.45, 2.75) is 6.54 Å². The summed E-state index contributed by atoms with van der Waals surface area (Å²) in [5, 5.41) is 7.39. The molecule has 6 nitrogen and oxygen atoms in total. The molecule has 4 aromatic rings. The number of nitrogens with one attached hydrogen (secondary N) is 1. The van der Waals surface area contributed by atoms with Crippen molar-refractivity contribution in [2.24, 2.45) is 0 Å². The van der Waals surface area contributed by atoms with Crippen molar-refractivity contribution in [3.8, 4) is 22.6 Å². The average Bonchev–Trinajstić information content (AvgIpc) is 3.41. The molecule has 0 radical (unpaired) electrons. The summed E-state index contributed by atoms with van der Waals surface area (Å²) in [6, 6.07) is 22.2. The van der Waals surface area contributed by atoms with Gasteiger partial charge in [-0.25, -0.2) is 4.68 Å². The van der Waals surface area contributed by atoms with Crippen molar-refractivity contribution < 1.29 is 14.3 Å². The fourth-order valence-corrected chi connectivity index (χ4v) is 3.78. The van der Waals surface area contributed by atoms with Crippen LogP contribution in [0, 0.1) is 0 Å². The van der Waals surface area contributed by atoms with Crippen LogP contribution in [-0.2, 0) is 6.54 Å². The molecule has 31 heavy (non-hydrogen) atoms. The normalized spacial score (nSPS) is 11.7. The van der Waals surface area contributed by atoms with E-state index < -0.39 is 0 Å². The average molecular weight is 409 g/mol. The van der Waals surface area contributed by atoms with E-state index in [2.05, 4.69) is 10.4 Å². The van der Waals surface area contributed by atoms with Crippen molar-refractivity contribution in [3.63, 3.8) is 0 Å². The smallest absolute Gasteiger partial charge is 0.251 e. The third kappa shape index (κ3) is 3.38. The van der Waals surface area contributed by atoms with E-state index in [4.69, 9.17) is 4.74 Å². The summed E-state index contributed by atoms with van der Waals surface area (Å²) in [5.74, 6) is 0.489. The summed E-state index contributed by atoms with van der Waals surface area (Å²) in [6.07, 6.45) is 1.84. The van der Waals surface area contributed by atoms with Crippen molar-refractivity contribution in [2.75, 3.05) is 7.11 Å². The highest BCUT2D eigenvalue weighted by Crippen LogP contribution is 2.36. The third-order valence-corrected chi connectivity index (χ3v) is 5.40. The first-order valence-corrected chi connectivity index (χ1v) is 9.89. The van der Waals surface area contributed by atoms with Gasteiger partial charge in [0.2, 0.25) is 0 Å².